The van der Waals surface area contributed by atoms with Crippen LogP contribution < -0.4 is 0 Å². The molecule has 0 unspecified atom stereocenters. The average Bonchev–Trinajstić information content (AvgIpc) is 2.17. The van der Waals surface area contributed by atoms with Gasteiger partial charge in [-0.25, -0.2) is 0 Å². The van der Waals surface area contributed by atoms with Gasteiger partial charge in [0.1, 0.15) is 0 Å². The van der Waals surface area contributed by atoms with E-state index in [0.717, 1.165) is 25.2 Å². The second kappa shape index (κ2) is 3.66. The summed E-state index contributed by atoms with van der Waals surface area (Å²) in [5.41, 5.74) is 3.18. The van der Waals surface area contributed by atoms with Gasteiger partial charge in [-0.05, 0) is 42.0 Å². The molecule has 1 heterocycles. The zero-order valence-electron chi connectivity index (χ0n) is 7.94. The molecule has 1 nitrogen and oxygen atoms in total. The number of pyridine rings is 1. The van der Waals surface area contributed by atoms with Crippen LogP contribution in [0.1, 0.15) is 11.3 Å². The average molecular weight is 318 g/mol. The Labute approximate surface area is 102 Å². The molecular formula is C11H9ClIN. The summed E-state index contributed by atoms with van der Waals surface area (Å²) >= 11 is 8.49. The summed E-state index contributed by atoms with van der Waals surface area (Å²) in [6, 6.07) is 6.08. The lowest BCUT2D eigenvalue weighted by Crippen LogP contribution is -1.92. The van der Waals surface area contributed by atoms with E-state index in [1.807, 2.05) is 19.1 Å². The van der Waals surface area contributed by atoms with Crippen molar-refractivity contribution >= 4 is 45.1 Å². The highest BCUT2D eigenvalue weighted by atomic mass is 127. The number of aromatic nitrogens is 1. The summed E-state index contributed by atoms with van der Waals surface area (Å²) in [6.45, 7) is 4.04. The van der Waals surface area contributed by atoms with E-state index in [1.54, 1.807) is 0 Å². The molecule has 14 heavy (non-hydrogen) atoms. The minimum atomic E-state index is 0.816. The number of rotatable bonds is 0. The molecule has 0 saturated heterocycles. The first-order valence-electron chi connectivity index (χ1n) is 4.32. The Morgan fingerprint density at radius 3 is 2.71 bits per heavy atom. The van der Waals surface area contributed by atoms with Crippen LogP contribution in [-0.4, -0.2) is 4.98 Å². The van der Waals surface area contributed by atoms with Gasteiger partial charge in [-0.3, -0.25) is 4.98 Å². The lowest BCUT2D eigenvalue weighted by Gasteiger charge is -2.07. The van der Waals surface area contributed by atoms with Gasteiger partial charge >= 0.3 is 0 Å². The fourth-order valence-corrected chi connectivity index (χ4v) is 2.18. The fraction of sp³-hybridized carbons (Fsp3) is 0.182. The van der Waals surface area contributed by atoms with Crippen molar-refractivity contribution in [3.63, 3.8) is 0 Å². The monoisotopic (exact) mass is 317 g/mol. The molecule has 72 valence electrons. The fourth-order valence-electron chi connectivity index (χ4n) is 1.48. The molecule has 0 radical (unpaired) electrons. The van der Waals surface area contributed by atoms with Crippen molar-refractivity contribution in [3.05, 3.63) is 38.0 Å². The van der Waals surface area contributed by atoms with Gasteiger partial charge < -0.3 is 0 Å². The highest BCUT2D eigenvalue weighted by molar-refractivity contribution is 14.1. The maximum absolute atomic E-state index is 6.26. The van der Waals surface area contributed by atoms with E-state index >= 15 is 0 Å². The molecule has 0 fully saturated rings. The summed E-state index contributed by atoms with van der Waals surface area (Å²) in [6.07, 6.45) is 0. The second-order valence-electron chi connectivity index (χ2n) is 3.30. The Bertz CT molecular complexity index is 508. The van der Waals surface area contributed by atoms with Crippen LogP contribution >= 0.6 is 34.2 Å². The Morgan fingerprint density at radius 1 is 1.29 bits per heavy atom. The van der Waals surface area contributed by atoms with E-state index in [1.165, 1.54) is 5.56 Å². The minimum absolute atomic E-state index is 0.816. The van der Waals surface area contributed by atoms with E-state index in [2.05, 4.69) is 40.6 Å². The molecule has 1 aromatic carbocycles. The molecule has 0 bridgehead atoms. The number of halogens is 2. The van der Waals surface area contributed by atoms with Gasteiger partial charge in [0.2, 0.25) is 0 Å². The van der Waals surface area contributed by atoms with Gasteiger partial charge in [-0.1, -0.05) is 29.8 Å². The van der Waals surface area contributed by atoms with Crippen molar-refractivity contribution in [2.24, 2.45) is 0 Å². The van der Waals surface area contributed by atoms with Gasteiger partial charge in [-0.15, -0.1) is 0 Å². The molecular weight excluding hydrogens is 308 g/mol. The number of hydrogen-bond donors (Lipinski definition) is 0. The van der Waals surface area contributed by atoms with E-state index < -0.39 is 0 Å². The summed E-state index contributed by atoms with van der Waals surface area (Å²) in [5.74, 6) is 0. The van der Waals surface area contributed by atoms with Gasteiger partial charge in [0.25, 0.3) is 0 Å². The summed E-state index contributed by atoms with van der Waals surface area (Å²) in [5, 5.41) is 1.86. The third-order valence-electron chi connectivity index (χ3n) is 2.26. The SMILES string of the molecule is Cc1nc2c(C)cccc2c(Cl)c1I. The maximum atomic E-state index is 6.26. The quantitative estimate of drug-likeness (QED) is 0.666. The highest BCUT2D eigenvalue weighted by Crippen LogP contribution is 2.30. The Hall–Kier alpha value is -0.350. The highest BCUT2D eigenvalue weighted by Gasteiger charge is 2.09. The van der Waals surface area contributed by atoms with E-state index in [9.17, 15) is 0 Å². The molecule has 0 aliphatic heterocycles. The van der Waals surface area contributed by atoms with Crippen LogP contribution in [0.4, 0.5) is 0 Å². The normalized spacial score (nSPS) is 10.9. The number of benzene rings is 1. The number of aryl methyl sites for hydroxylation is 2. The number of para-hydroxylation sites is 1. The topological polar surface area (TPSA) is 12.9 Å². The number of fused-ring (bicyclic) bond motifs is 1. The molecule has 3 heteroatoms. The van der Waals surface area contributed by atoms with Crippen molar-refractivity contribution in [2.45, 2.75) is 13.8 Å². The molecule has 0 aliphatic carbocycles. The second-order valence-corrected chi connectivity index (χ2v) is 4.75. The van der Waals surface area contributed by atoms with Gasteiger partial charge in [0.15, 0.2) is 0 Å². The largest absolute Gasteiger partial charge is 0.252 e. The summed E-state index contributed by atoms with van der Waals surface area (Å²) in [4.78, 5) is 4.54. The third kappa shape index (κ3) is 1.50. The van der Waals surface area contributed by atoms with Crippen molar-refractivity contribution in [3.8, 4) is 0 Å². The van der Waals surface area contributed by atoms with Crippen LogP contribution in [0.15, 0.2) is 18.2 Å². The van der Waals surface area contributed by atoms with Crippen LogP contribution in [0.3, 0.4) is 0 Å². The first-order chi connectivity index (χ1) is 6.61. The Kier molecular flexibility index (Phi) is 2.66. The molecule has 2 rings (SSSR count). The van der Waals surface area contributed by atoms with Crippen molar-refractivity contribution < 1.29 is 0 Å². The molecule has 2 aromatic rings. The van der Waals surface area contributed by atoms with Crippen molar-refractivity contribution in [1.82, 2.24) is 4.98 Å². The van der Waals surface area contributed by atoms with Gasteiger partial charge in [-0.2, -0.15) is 0 Å². The number of hydrogen-bond acceptors (Lipinski definition) is 1. The lowest BCUT2D eigenvalue weighted by atomic mass is 10.1. The third-order valence-corrected chi connectivity index (χ3v) is 4.30. The lowest BCUT2D eigenvalue weighted by molar-refractivity contribution is 1.22. The van der Waals surface area contributed by atoms with Crippen LogP contribution in [0, 0.1) is 17.4 Å². The zero-order valence-corrected chi connectivity index (χ0v) is 10.8. The smallest absolute Gasteiger partial charge is 0.0750 e. The summed E-state index contributed by atoms with van der Waals surface area (Å²) in [7, 11) is 0. The first kappa shape index (κ1) is 10.2. The van der Waals surface area contributed by atoms with Crippen molar-refractivity contribution in [2.75, 3.05) is 0 Å². The van der Waals surface area contributed by atoms with Crippen molar-refractivity contribution in [1.29, 1.82) is 0 Å². The molecule has 0 saturated carbocycles. The van der Waals surface area contributed by atoms with Crippen LogP contribution in [0.25, 0.3) is 10.9 Å². The summed E-state index contributed by atoms with van der Waals surface area (Å²) < 4.78 is 1.04. The minimum Gasteiger partial charge on any atom is -0.252 e. The van der Waals surface area contributed by atoms with Crippen LogP contribution in [0.2, 0.25) is 5.02 Å². The predicted octanol–water partition coefficient (Wildman–Crippen LogP) is 4.11. The first-order valence-corrected chi connectivity index (χ1v) is 5.78. The number of nitrogens with zero attached hydrogens (tertiary/aromatic N) is 1. The van der Waals surface area contributed by atoms with E-state index in [-0.39, 0.29) is 0 Å². The van der Waals surface area contributed by atoms with Gasteiger partial charge in [0.05, 0.1) is 19.8 Å². The Balaban J connectivity index is 2.98. The molecule has 0 atom stereocenters. The zero-order chi connectivity index (χ0) is 10.3. The molecule has 0 amide bonds. The molecule has 0 aliphatic rings. The van der Waals surface area contributed by atoms with Gasteiger partial charge in [0, 0.05) is 5.39 Å². The Morgan fingerprint density at radius 2 is 2.00 bits per heavy atom. The van der Waals surface area contributed by atoms with E-state index in [0.29, 0.717) is 0 Å². The standard InChI is InChI=1S/C11H9ClIN/c1-6-4-3-5-8-9(12)10(13)7(2)14-11(6)8/h3-5H,1-2H3. The molecule has 0 spiro atoms. The van der Waals surface area contributed by atoms with Crippen LogP contribution in [-0.2, 0) is 0 Å². The molecule has 1 aromatic heterocycles. The molecule has 0 N–H and O–H groups in total. The predicted molar refractivity (Wildman–Crippen MR) is 68.9 cm³/mol. The van der Waals surface area contributed by atoms with Crippen LogP contribution in [0.5, 0.6) is 0 Å². The maximum Gasteiger partial charge on any atom is 0.0750 e. The van der Waals surface area contributed by atoms with E-state index in [4.69, 9.17) is 11.6 Å².